The van der Waals surface area contributed by atoms with Gasteiger partial charge in [-0.2, -0.15) is 0 Å². The maximum Gasteiger partial charge on any atom is 0.296 e. The SMILES string of the molecule is CC#CC(=O)NC12CC3CC(CC(C3)C1)C2. The Hall–Kier alpha value is -0.970. The van der Waals surface area contributed by atoms with Gasteiger partial charge >= 0.3 is 0 Å². The highest BCUT2D eigenvalue weighted by molar-refractivity contribution is 5.93. The molecule has 4 aliphatic rings. The Bertz CT molecular complexity index is 339. The molecule has 0 atom stereocenters. The molecule has 0 aliphatic heterocycles. The first-order valence-corrected chi connectivity index (χ1v) is 6.44. The summed E-state index contributed by atoms with van der Waals surface area (Å²) in [4.78, 5) is 11.6. The predicted octanol–water partition coefficient (Wildman–Crippen LogP) is 2.09. The fraction of sp³-hybridized carbons (Fsp3) is 0.786. The molecule has 0 saturated heterocycles. The van der Waals surface area contributed by atoms with Gasteiger partial charge in [-0.25, -0.2) is 0 Å². The van der Waals surface area contributed by atoms with E-state index in [2.05, 4.69) is 17.2 Å². The van der Waals surface area contributed by atoms with E-state index in [9.17, 15) is 4.79 Å². The Morgan fingerprint density at radius 2 is 1.62 bits per heavy atom. The van der Waals surface area contributed by atoms with Crippen LogP contribution in [0.25, 0.3) is 0 Å². The van der Waals surface area contributed by atoms with Gasteiger partial charge in [-0.05, 0) is 69.1 Å². The number of rotatable bonds is 1. The Kier molecular flexibility index (Phi) is 2.24. The molecular formula is C14H19NO. The van der Waals surface area contributed by atoms with Gasteiger partial charge in [0.25, 0.3) is 5.91 Å². The lowest BCUT2D eigenvalue weighted by molar-refractivity contribution is -0.121. The first kappa shape index (κ1) is 10.2. The number of nitrogens with one attached hydrogen (secondary N) is 1. The summed E-state index contributed by atoms with van der Waals surface area (Å²) in [6.45, 7) is 1.72. The molecule has 0 aromatic heterocycles. The van der Waals surface area contributed by atoms with E-state index in [0.717, 1.165) is 17.8 Å². The maximum atomic E-state index is 11.6. The quantitative estimate of drug-likeness (QED) is 0.670. The molecule has 0 aromatic rings. The van der Waals surface area contributed by atoms with Crippen molar-refractivity contribution in [3.8, 4) is 11.8 Å². The molecule has 1 N–H and O–H groups in total. The third kappa shape index (κ3) is 1.63. The molecule has 4 saturated carbocycles. The normalized spacial score (nSPS) is 43.7. The van der Waals surface area contributed by atoms with Gasteiger partial charge in [-0.1, -0.05) is 5.92 Å². The average molecular weight is 217 g/mol. The van der Waals surface area contributed by atoms with Crippen molar-refractivity contribution < 1.29 is 4.79 Å². The zero-order chi connectivity index (χ0) is 11.2. The standard InChI is InChI=1S/C14H19NO/c1-2-3-13(16)15-14-7-10-4-11(8-14)6-12(5-10)9-14/h10-12H,4-9H2,1H3,(H,15,16). The third-order valence-electron chi connectivity index (χ3n) is 4.66. The summed E-state index contributed by atoms with van der Waals surface area (Å²) in [5.41, 5.74) is 0.121. The van der Waals surface area contributed by atoms with Crippen LogP contribution in [-0.2, 0) is 4.79 Å². The molecule has 4 aliphatic carbocycles. The zero-order valence-electron chi connectivity index (χ0n) is 9.88. The number of amides is 1. The van der Waals surface area contributed by atoms with Gasteiger partial charge in [0, 0.05) is 5.54 Å². The molecule has 86 valence electrons. The van der Waals surface area contributed by atoms with Gasteiger partial charge in [0.15, 0.2) is 0 Å². The van der Waals surface area contributed by atoms with E-state index in [4.69, 9.17) is 0 Å². The Labute approximate surface area is 97.2 Å². The van der Waals surface area contributed by atoms with E-state index in [1.165, 1.54) is 38.5 Å². The lowest BCUT2D eigenvalue weighted by atomic mass is 9.53. The molecule has 4 bridgehead atoms. The lowest BCUT2D eigenvalue weighted by Gasteiger charge is -2.56. The minimum absolute atomic E-state index is 0.0653. The summed E-state index contributed by atoms with van der Waals surface area (Å²) >= 11 is 0. The van der Waals surface area contributed by atoms with E-state index in [0.29, 0.717) is 0 Å². The lowest BCUT2D eigenvalue weighted by Crippen LogP contribution is -2.59. The fourth-order valence-electron chi connectivity index (χ4n) is 4.65. The van der Waals surface area contributed by atoms with Crippen LogP contribution in [0, 0.1) is 29.6 Å². The van der Waals surface area contributed by atoms with Gasteiger partial charge in [0.2, 0.25) is 0 Å². The highest BCUT2D eigenvalue weighted by atomic mass is 16.1. The topological polar surface area (TPSA) is 29.1 Å². The first-order valence-electron chi connectivity index (χ1n) is 6.44. The molecule has 1 amide bonds. The second kappa shape index (κ2) is 3.52. The van der Waals surface area contributed by atoms with Crippen LogP contribution < -0.4 is 5.32 Å². The maximum absolute atomic E-state index is 11.6. The molecule has 0 heterocycles. The van der Waals surface area contributed by atoms with Crippen molar-refractivity contribution >= 4 is 5.91 Å². The monoisotopic (exact) mass is 217 g/mol. The highest BCUT2D eigenvalue weighted by Gasteiger charge is 2.51. The van der Waals surface area contributed by atoms with Crippen molar-refractivity contribution in [1.29, 1.82) is 0 Å². The van der Waals surface area contributed by atoms with Crippen molar-refractivity contribution in [3.05, 3.63) is 0 Å². The molecule has 2 nitrogen and oxygen atoms in total. The second-order valence-corrected chi connectivity index (χ2v) is 6.03. The van der Waals surface area contributed by atoms with E-state index >= 15 is 0 Å². The molecule has 2 heteroatoms. The molecule has 0 spiro atoms. The molecular weight excluding hydrogens is 198 g/mol. The van der Waals surface area contributed by atoms with Crippen LogP contribution in [-0.4, -0.2) is 11.4 Å². The van der Waals surface area contributed by atoms with Gasteiger partial charge in [0.1, 0.15) is 0 Å². The summed E-state index contributed by atoms with van der Waals surface area (Å²) in [5, 5.41) is 3.21. The minimum Gasteiger partial charge on any atom is -0.340 e. The Balaban J connectivity index is 1.77. The molecule has 16 heavy (non-hydrogen) atoms. The average Bonchev–Trinajstić information content (AvgIpc) is 2.13. The molecule has 0 aromatic carbocycles. The van der Waals surface area contributed by atoms with Crippen molar-refractivity contribution in [2.24, 2.45) is 17.8 Å². The van der Waals surface area contributed by atoms with Crippen LogP contribution in [0.15, 0.2) is 0 Å². The highest BCUT2D eigenvalue weighted by Crippen LogP contribution is 2.55. The molecule has 4 rings (SSSR count). The molecule has 0 radical (unpaired) electrons. The van der Waals surface area contributed by atoms with Crippen LogP contribution in [0.4, 0.5) is 0 Å². The van der Waals surface area contributed by atoms with Gasteiger partial charge in [0.05, 0.1) is 0 Å². The first-order chi connectivity index (χ1) is 7.69. The largest absolute Gasteiger partial charge is 0.340 e. The van der Waals surface area contributed by atoms with Crippen molar-refractivity contribution in [2.75, 3.05) is 0 Å². The van der Waals surface area contributed by atoms with Crippen molar-refractivity contribution in [1.82, 2.24) is 5.32 Å². The number of carbonyl (C=O) groups is 1. The van der Waals surface area contributed by atoms with Crippen LogP contribution in [0.2, 0.25) is 0 Å². The van der Waals surface area contributed by atoms with E-state index in [1.807, 2.05) is 0 Å². The van der Waals surface area contributed by atoms with Crippen molar-refractivity contribution in [2.45, 2.75) is 51.0 Å². The predicted molar refractivity (Wildman–Crippen MR) is 62.5 cm³/mol. The van der Waals surface area contributed by atoms with Gasteiger partial charge in [-0.3, -0.25) is 4.79 Å². The van der Waals surface area contributed by atoms with E-state index < -0.39 is 0 Å². The summed E-state index contributed by atoms with van der Waals surface area (Å²) in [6, 6.07) is 0. The minimum atomic E-state index is -0.0653. The van der Waals surface area contributed by atoms with E-state index in [-0.39, 0.29) is 11.4 Å². The molecule has 4 fully saturated rings. The smallest absolute Gasteiger partial charge is 0.296 e. The fourth-order valence-corrected chi connectivity index (χ4v) is 4.65. The summed E-state index contributed by atoms with van der Waals surface area (Å²) < 4.78 is 0. The van der Waals surface area contributed by atoms with Crippen LogP contribution in [0.1, 0.15) is 45.4 Å². The second-order valence-electron chi connectivity index (χ2n) is 6.03. The number of hydrogen-bond donors (Lipinski definition) is 1. The van der Waals surface area contributed by atoms with Crippen LogP contribution in [0.5, 0.6) is 0 Å². The summed E-state index contributed by atoms with van der Waals surface area (Å²) in [7, 11) is 0. The number of hydrogen-bond acceptors (Lipinski definition) is 1. The Morgan fingerprint density at radius 1 is 1.12 bits per heavy atom. The summed E-state index contributed by atoms with van der Waals surface area (Å²) in [6.07, 6.45) is 7.85. The van der Waals surface area contributed by atoms with Gasteiger partial charge in [-0.15, -0.1) is 0 Å². The van der Waals surface area contributed by atoms with Crippen LogP contribution >= 0.6 is 0 Å². The van der Waals surface area contributed by atoms with E-state index in [1.54, 1.807) is 6.92 Å². The third-order valence-corrected chi connectivity index (χ3v) is 4.66. The Morgan fingerprint density at radius 3 is 2.06 bits per heavy atom. The van der Waals surface area contributed by atoms with Crippen molar-refractivity contribution in [3.63, 3.8) is 0 Å². The summed E-state index contributed by atoms with van der Waals surface area (Å²) in [5.74, 6) is 7.87. The van der Waals surface area contributed by atoms with Gasteiger partial charge < -0.3 is 5.32 Å². The zero-order valence-corrected chi connectivity index (χ0v) is 9.88. The number of carbonyl (C=O) groups excluding carboxylic acids is 1. The van der Waals surface area contributed by atoms with Crippen LogP contribution in [0.3, 0.4) is 0 Å². The molecule has 0 unspecified atom stereocenters.